The van der Waals surface area contributed by atoms with Gasteiger partial charge in [-0.1, -0.05) is 6.07 Å². The smallest absolute Gasteiger partial charge is 0.240 e. The first-order valence-electron chi connectivity index (χ1n) is 5.24. The fraction of sp³-hybridized carbons (Fsp3) is 0.333. The van der Waals surface area contributed by atoms with Crippen molar-refractivity contribution >= 4 is 31.4 Å². The predicted molar refractivity (Wildman–Crippen MR) is 73.6 cm³/mol. The summed E-state index contributed by atoms with van der Waals surface area (Å²) in [6.07, 6.45) is 0. The van der Waals surface area contributed by atoms with Crippen molar-refractivity contribution in [3.8, 4) is 0 Å². The molecule has 1 rings (SSSR count). The first-order valence-corrected chi connectivity index (χ1v) is 8.43. The summed E-state index contributed by atoms with van der Waals surface area (Å²) in [6.45, 7) is 0.0848. The molecule has 0 aliphatic heterocycles. The molecule has 0 aliphatic carbocycles. The van der Waals surface area contributed by atoms with Crippen LogP contribution in [0.4, 0.5) is 11.4 Å². The van der Waals surface area contributed by atoms with Gasteiger partial charge in [-0.3, -0.25) is 0 Å². The summed E-state index contributed by atoms with van der Waals surface area (Å²) < 4.78 is 47.1. The summed E-state index contributed by atoms with van der Waals surface area (Å²) in [7, 11) is -5.94. The lowest BCUT2D eigenvalue weighted by molar-refractivity contribution is 0.588. The maximum Gasteiger partial charge on any atom is 0.240 e. The molecule has 0 spiro atoms. The molecular weight excluding hydrogens is 292 g/mol. The van der Waals surface area contributed by atoms with Crippen LogP contribution >= 0.6 is 0 Å². The monoisotopic (exact) mass is 308 g/mol. The molecule has 6 N–H and O–H groups in total. The first kappa shape index (κ1) is 15.7. The van der Waals surface area contributed by atoms with E-state index in [4.69, 9.17) is 10.9 Å². The number of nitrogens with one attached hydrogen (secondary N) is 2. The van der Waals surface area contributed by atoms with Gasteiger partial charge in [0.15, 0.2) is 0 Å². The van der Waals surface area contributed by atoms with Gasteiger partial charge in [-0.15, -0.1) is 0 Å². The van der Waals surface area contributed by atoms with E-state index in [2.05, 4.69) is 10.0 Å². The highest BCUT2D eigenvalue weighted by Gasteiger charge is 2.15. The second-order valence-electron chi connectivity index (χ2n) is 3.71. The predicted octanol–water partition coefficient (Wildman–Crippen LogP) is -1.12. The number of nitrogens with two attached hydrogens (primary N) is 2. The van der Waals surface area contributed by atoms with E-state index < -0.39 is 20.0 Å². The molecule has 0 unspecified atom stereocenters. The highest BCUT2D eigenvalue weighted by Crippen LogP contribution is 2.25. The Morgan fingerprint density at radius 1 is 1.21 bits per heavy atom. The van der Waals surface area contributed by atoms with Gasteiger partial charge < -0.3 is 11.1 Å². The van der Waals surface area contributed by atoms with E-state index in [-0.39, 0.29) is 22.9 Å². The van der Waals surface area contributed by atoms with Crippen LogP contribution in [-0.2, 0) is 20.0 Å². The third-order valence-electron chi connectivity index (χ3n) is 2.37. The van der Waals surface area contributed by atoms with Crippen LogP contribution in [0.3, 0.4) is 0 Å². The third-order valence-corrected chi connectivity index (χ3v) is 4.70. The van der Waals surface area contributed by atoms with Crippen molar-refractivity contribution in [1.29, 1.82) is 0 Å². The van der Waals surface area contributed by atoms with Crippen LogP contribution in [0.15, 0.2) is 23.1 Å². The normalized spacial score (nSPS) is 12.3. The van der Waals surface area contributed by atoms with Crippen LogP contribution in [0.2, 0.25) is 0 Å². The highest BCUT2D eigenvalue weighted by atomic mass is 32.2. The number of hydrogen-bond acceptors (Lipinski definition) is 6. The van der Waals surface area contributed by atoms with Gasteiger partial charge in [0.1, 0.15) is 4.90 Å². The van der Waals surface area contributed by atoms with Crippen molar-refractivity contribution in [2.45, 2.75) is 4.90 Å². The molecule has 0 saturated heterocycles. The van der Waals surface area contributed by atoms with E-state index in [0.717, 1.165) is 0 Å². The van der Waals surface area contributed by atoms with Crippen molar-refractivity contribution in [2.75, 3.05) is 30.4 Å². The van der Waals surface area contributed by atoms with Crippen molar-refractivity contribution in [3.05, 3.63) is 18.2 Å². The largest absolute Gasteiger partial charge is 0.396 e. The van der Waals surface area contributed by atoms with Gasteiger partial charge >= 0.3 is 0 Å². The van der Waals surface area contributed by atoms with E-state index >= 15 is 0 Å². The summed E-state index contributed by atoms with van der Waals surface area (Å²) in [4.78, 5) is -0.200. The number of para-hydroxylation sites is 1. The molecule has 1 aromatic carbocycles. The van der Waals surface area contributed by atoms with Gasteiger partial charge in [-0.2, -0.15) is 0 Å². The molecule has 8 nitrogen and oxygen atoms in total. The minimum Gasteiger partial charge on any atom is -0.396 e. The zero-order valence-corrected chi connectivity index (χ0v) is 11.9. The Bertz CT molecular complexity index is 655. The standard InChI is InChI=1S/C9H16N4O4S2/c1-12-18(14,15)6-5-13-7-3-2-4-8(9(7)10)19(11,16)17/h2-4,12-13H,5-6,10H2,1H3,(H2,11,16,17). The molecule has 108 valence electrons. The molecule has 0 atom stereocenters. The molecule has 10 heteroatoms. The number of nitrogen functional groups attached to an aromatic ring is 1. The topological polar surface area (TPSA) is 144 Å². The molecule has 0 amide bonds. The van der Waals surface area contributed by atoms with Crippen molar-refractivity contribution in [1.82, 2.24) is 4.72 Å². The lowest BCUT2D eigenvalue weighted by atomic mass is 10.2. The number of rotatable bonds is 6. The Morgan fingerprint density at radius 3 is 2.37 bits per heavy atom. The summed E-state index contributed by atoms with van der Waals surface area (Å²) in [5, 5.41) is 7.76. The molecule has 0 aliphatic rings. The third kappa shape index (κ3) is 4.35. The Hall–Kier alpha value is -1.36. The second kappa shape index (κ2) is 5.74. The summed E-state index contributed by atoms with van der Waals surface area (Å²) >= 11 is 0. The van der Waals surface area contributed by atoms with E-state index in [0.29, 0.717) is 5.69 Å². The van der Waals surface area contributed by atoms with Gasteiger partial charge in [0.05, 0.1) is 17.1 Å². The zero-order chi connectivity index (χ0) is 14.7. The number of primary sulfonamides is 1. The number of anilines is 2. The second-order valence-corrected chi connectivity index (χ2v) is 7.29. The van der Waals surface area contributed by atoms with E-state index in [9.17, 15) is 16.8 Å². The van der Waals surface area contributed by atoms with Crippen LogP contribution in [0, 0.1) is 0 Å². The average Bonchev–Trinajstić information content (AvgIpc) is 2.29. The Kier molecular flexibility index (Phi) is 4.74. The molecular formula is C9H16N4O4S2. The molecule has 0 saturated carbocycles. The van der Waals surface area contributed by atoms with E-state index in [1.807, 2.05) is 0 Å². The highest BCUT2D eigenvalue weighted by molar-refractivity contribution is 7.89. The van der Waals surface area contributed by atoms with Crippen LogP contribution in [0.1, 0.15) is 0 Å². The summed E-state index contributed by atoms with van der Waals surface area (Å²) in [5.41, 5.74) is 5.95. The van der Waals surface area contributed by atoms with Gasteiger partial charge in [0, 0.05) is 6.54 Å². The lowest BCUT2D eigenvalue weighted by Gasteiger charge is -2.11. The molecule has 0 bridgehead atoms. The average molecular weight is 308 g/mol. The molecule has 0 aromatic heterocycles. The fourth-order valence-corrected chi connectivity index (χ4v) is 2.63. The summed E-state index contributed by atoms with van der Waals surface area (Å²) in [5.74, 6) is -0.164. The molecule has 0 heterocycles. The van der Waals surface area contributed by atoms with Crippen LogP contribution < -0.4 is 20.9 Å². The van der Waals surface area contributed by atoms with E-state index in [1.165, 1.54) is 25.2 Å². The Labute approximate surface area is 112 Å². The fourth-order valence-electron chi connectivity index (χ4n) is 1.37. The number of sulfonamides is 2. The van der Waals surface area contributed by atoms with Gasteiger partial charge in [-0.05, 0) is 19.2 Å². The maximum absolute atomic E-state index is 11.2. The first-order chi connectivity index (χ1) is 8.67. The van der Waals surface area contributed by atoms with Crippen molar-refractivity contribution in [2.24, 2.45) is 5.14 Å². The van der Waals surface area contributed by atoms with Crippen LogP contribution in [0.5, 0.6) is 0 Å². The van der Waals surface area contributed by atoms with Gasteiger partial charge in [0.25, 0.3) is 0 Å². The van der Waals surface area contributed by atoms with Crippen molar-refractivity contribution < 1.29 is 16.8 Å². The Morgan fingerprint density at radius 2 is 1.84 bits per heavy atom. The zero-order valence-electron chi connectivity index (χ0n) is 10.3. The molecule has 19 heavy (non-hydrogen) atoms. The van der Waals surface area contributed by atoms with Gasteiger partial charge in [-0.25, -0.2) is 26.7 Å². The minimum atomic E-state index is -3.91. The molecule has 1 aromatic rings. The van der Waals surface area contributed by atoms with Crippen LogP contribution in [-0.4, -0.2) is 36.2 Å². The van der Waals surface area contributed by atoms with Crippen LogP contribution in [0.25, 0.3) is 0 Å². The van der Waals surface area contributed by atoms with Crippen molar-refractivity contribution in [3.63, 3.8) is 0 Å². The number of benzene rings is 1. The van der Waals surface area contributed by atoms with Gasteiger partial charge in [0.2, 0.25) is 20.0 Å². The number of hydrogen-bond donors (Lipinski definition) is 4. The quantitative estimate of drug-likeness (QED) is 0.490. The minimum absolute atomic E-state index is 0.0353. The lowest BCUT2D eigenvalue weighted by Crippen LogP contribution is -2.26. The van der Waals surface area contributed by atoms with E-state index in [1.54, 1.807) is 0 Å². The molecule has 0 radical (unpaired) electrons. The SMILES string of the molecule is CNS(=O)(=O)CCNc1cccc(S(N)(=O)=O)c1N. The summed E-state index contributed by atoms with van der Waals surface area (Å²) in [6, 6.07) is 4.28. The maximum atomic E-state index is 11.2. The Balaban J connectivity index is 2.87. The molecule has 0 fully saturated rings.